The van der Waals surface area contributed by atoms with Gasteiger partial charge in [0.15, 0.2) is 12.3 Å². The minimum Gasteiger partial charge on any atom is -0.461 e. The molecule has 2 aliphatic heterocycles. The molecule has 4 rings (SSSR count). The first-order valence-electron chi connectivity index (χ1n) is 13.1. The monoisotopic (exact) mass is 593 g/mol. The van der Waals surface area contributed by atoms with Crippen molar-refractivity contribution in [1.82, 2.24) is 15.3 Å². The smallest absolute Gasteiger partial charge is 0.459 e. The van der Waals surface area contributed by atoms with Gasteiger partial charge < -0.3 is 34.4 Å². The Morgan fingerprint density at radius 2 is 2.05 bits per heavy atom. The molecule has 2 fully saturated rings. The molecule has 6 atom stereocenters. The molecule has 222 valence electrons. The number of terminal acetylenes is 1. The summed E-state index contributed by atoms with van der Waals surface area (Å²) in [5.41, 5.74) is -2.66. The molecule has 12 nitrogen and oxygen atoms in total. The van der Waals surface area contributed by atoms with Crippen molar-refractivity contribution in [2.24, 2.45) is 0 Å². The number of aliphatic hydroxyl groups is 2. The predicted octanol–water partition coefficient (Wildman–Crippen LogP) is 2.21. The molecule has 0 radical (unpaired) electrons. The molecular formula is C27H33FN3O9P. The zero-order valence-corrected chi connectivity index (χ0v) is 23.3. The third-order valence-corrected chi connectivity index (χ3v) is 8.52. The molecule has 1 saturated carbocycles. The third-order valence-electron chi connectivity index (χ3n) is 6.90. The maximum absolute atomic E-state index is 16.2. The van der Waals surface area contributed by atoms with E-state index in [9.17, 15) is 24.4 Å². The summed E-state index contributed by atoms with van der Waals surface area (Å²) in [5.74, 6) is -2.59. The summed E-state index contributed by atoms with van der Waals surface area (Å²) < 4.78 is 51.8. The average Bonchev–Trinajstić information content (AvgIpc) is 3.15. The molecule has 4 N–H and O–H groups in total. The molecule has 1 amide bonds. The first-order chi connectivity index (χ1) is 19.4. The van der Waals surface area contributed by atoms with Crippen LogP contribution in [0.3, 0.4) is 0 Å². The summed E-state index contributed by atoms with van der Waals surface area (Å²) >= 11 is 0. The van der Waals surface area contributed by atoms with Crippen molar-refractivity contribution in [3.63, 3.8) is 0 Å². The molecule has 1 aromatic carbocycles. The maximum atomic E-state index is 16.2. The number of aliphatic hydroxyl groups excluding tert-OH is 1. The predicted molar refractivity (Wildman–Crippen MR) is 143 cm³/mol. The summed E-state index contributed by atoms with van der Waals surface area (Å²) in [4.78, 5) is 25.4. The van der Waals surface area contributed by atoms with Crippen LogP contribution in [-0.4, -0.2) is 69.5 Å². The Morgan fingerprint density at radius 1 is 1.37 bits per heavy atom. The van der Waals surface area contributed by atoms with Crippen LogP contribution < -0.4 is 14.9 Å². The maximum Gasteiger partial charge on any atom is 0.459 e. The summed E-state index contributed by atoms with van der Waals surface area (Å²) in [6, 6.07) is 6.60. The number of hydrogen-bond acceptors (Lipinski definition) is 10. The lowest BCUT2D eigenvalue weighted by molar-refractivity contribution is -0.206. The van der Waals surface area contributed by atoms with E-state index in [1.807, 2.05) is 5.92 Å². The number of nitrogens with zero attached hydrogens (tertiary/aromatic N) is 1. The molecule has 1 aromatic rings. The number of para-hydroxylation sites is 1. The molecular weight excluding hydrogens is 560 g/mol. The first-order valence-corrected chi connectivity index (χ1v) is 14.6. The lowest BCUT2D eigenvalue weighted by Gasteiger charge is -2.36. The molecule has 0 spiro atoms. The first kappa shape index (κ1) is 30.7. The van der Waals surface area contributed by atoms with E-state index in [1.54, 1.807) is 18.2 Å². The average molecular weight is 594 g/mol. The van der Waals surface area contributed by atoms with Crippen LogP contribution in [0.4, 0.5) is 4.39 Å². The van der Waals surface area contributed by atoms with E-state index in [4.69, 9.17) is 24.9 Å². The number of carbonyl (C=O) groups is 2. The zero-order valence-electron chi connectivity index (χ0n) is 22.4. The third kappa shape index (κ3) is 6.81. The second-order valence-corrected chi connectivity index (χ2v) is 11.7. The number of benzene rings is 1. The van der Waals surface area contributed by atoms with E-state index in [2.05, 4.69) is 17.0 Å². The number of alkyl halides is 1. The van der Waals surface area contributed by atoms with Crippen LogP contribution in [0, 0.1) is 12.3 Å². The normalized spacial score (nSPS) is 30.7. The van der Waals surface area contributed by atoms with Crippen molar-refractivity contribution in [1.29, 1.82) is 0 Å². The lowest BCUT2D eigenvalue weighted by atomic mass is 9.93. The van der Waals surface area contributed by atoms with Crippen LogP contribution in [0.1, 0.15) is 39.0 Å². The summed E-state index contributed by atoms with van der Waals surface area (Å²) in [6.45, 7) is 3.74. The molecule has 2 unspecified atom stereocenters. The second-order valence-electron chi connectivity index (χ2n) is 10.0. The van der Waals surface area contributed by atoms with Crippen molar-refractivity contribution in [3.05, 3.63) is 55.0 Å². The number of nitrogens with one attached hydrogen (secondary N) is 2. The van der Waals surface area contributed by atoms with E-state index < -0.39 is 56.1 Å². The van der Waals surface area contributed by atoms with Gasteiger partial charge >= 0.3 is 13.7 Å². The van der Waals surface area contributed by atoms with E-state index in [0.29, 0.717) is 12.8 Å². The van der Waals surface area contributed by atoms with E-state index >= 15 is 4.39 Å². The van der Waals surface area contributed by atoms with E-state index in [-0.39, 0.29) is 17.7 Å². The molecule has 3 aliphatic rings. The fourth-order valence-electron chi connectivity index (χ4n) is 4.66. The second kappa shape index (κ2) is 12.3. The minimum absolute atomic E-state index is 0.0699. The Hall–Kier alpha value is -3.24. The highest BCUT2D eigenvalue weighted by molar-refractivity contribution is 7.52. The highest BCUT2D eigenvalue weighted by Crippen LogP contribution is 2.49. The highest BCUT2D eigenvalue weighted by Gasteiger charge is 2.66. The van der Waals surface area contributed by atoms with Crippen LogP contribution in [-0.2, 0) is 28.2 Å². The Labute approximate surface area is 237 Å². The van der Waals surface area contributed by atoms with Crippen molar-refractivity contribution in [2.75, 3.05) is 6.61 Å². The van der Waals surface area contributed by atoms with Crippen LogP contribution in [0.15, 0.2) is 55.0 Å². The van der Waals surface area contributed by atoms with Gasteiger partial charge in [-0.15, -0.1) is 6.42 Å². The Balaban J connectivity index is 1.53. The largest absolute Gasteiger partial charge is 0.461 e. The summed E-state index contributed by atoms with van der Waals surface area (Å²) in [6.07, 6.45) is 7.53. The highest BCUT2D eigenvalue weighted by atomic mass is 31.2. The lowest BCUT2D eigenvalue weighted by Crippen LogP contribution is -2.55. The summed E-state index contributed by atoms with van der Waals surface area (Å²) in [7, 11) is -4.57. The van der Waals surface area contributed by atoms with Gasteiger partial charge in [-0.1, -0.05) is 37.1 Å². The molecule has 0 bridgehead atoms. The quantitative estimate of drug-likeness (QED) is 0.179. The fraction of sp³-hybridized carbons (Fsp3) is 0.481. The van der Waals surface area contributed by atoms with Gasteiger partial charge in [0.2, 0.25) is 5.60 Å². The number of rotatable bonds is 10. The van der Waals surface area contributed by atoms with E-state index in [0.717, 1.165) is 36.4 Å². The molecule has 1 saturated heterocycles. The van der Waals surface area contributed by atoms with Crippen molar-refractivity contribution < 1.29 is 47.3 Å². The Morgan fingerprint density at radius 3 is 2.68 bits per heavy atom. The number of halogens is 1. The van der Waals surface area contributed by atoms with Crippen LogP contribution in [0.5, 0.6) is 5.75 Å². The zero-order chi connectivity index (χ0) is 29.8. The van der Waals surface area contributed by atoms with Gasteiger partial charge in [-0.25, -0.2) is 8.96 Å². The van der Waals surface area contributed by atoms with Gasteiger partial charge in [-0.05, 0) is 44.7 Å². The van der Waals surface area contributed by atoms with Crippen molar-refractivity contribution >= 4 is 19.6 Å². The molecule has 1 aliphatic carbocycles. The van der Waals surface area contributed by atoms with Gasteiger partial charge in [0, 0.05) is 12.3 Å². The minimum atomic E-state index is -4.57. The molecule has 14 heteroatoms. The van der Waals surface area contributed by atoms with Crippen LogP contribution in [0.2, 0.25) is 0 Å². The van der Waals surface area contributed by atoms with Gasteiger partial charge in [0.1, 0.15) is 30.3 Å². The fourth-order valence-corrected chi connectivity index (χ4v) is 6.17. The van der Waals surface area contributed by atoms with Crippen LogP contribution >= 0.6 is 7.75 Å². The Bertz CT molecular complexity index is 1270. The number of esters is 1. The van der Waals surface area contributed by atoms with E-state index in [1.165, 1.54) is 19.1 Å². The molecule has 2 heterocycles. The number of ether oxygens (including phenoxy) is 2. The van der Waals surface area contributed by atoms with Crippen LogP contribution in [0.25, 0.3) is 0 Å². The van der Waals surface area contributed by atoms with Crippen molar-refractivity contribution in [2.45, 2.75) is 75.0 Å². The standard InChI is InChI=1S/C27H33FN3O9P/c1-4-26(35)24(34)27(28,39-25(26)31-16-15-22(32)29-19(31)3)17-37-41(36,40-21-13-9-6-10-14-21)30-18(2)23(33)38-20-11-7-5-8-12-20/h1,6,9-10,13-16,18,20,24-25,34-35H,3,5,7-8,11-12,17H2,2H3,(H,29,32)(H,30,36)/t18?,24-,25+,26+,27+,41?/m0/s1. The van der Waals surface area contributed by atoms with Gasteiger partial charge in [0.05, 0.1) is 0 Å². The number of hydrogen-bond donors (Lipinski definition) is 4. The summed E-state index contributed by atoms with van der Waals surface area (Å²) in [5, 5.41) is 26.6. The number of amides is 1. The molecule has 0 aromatic heterocycles. The molecule has 41 heavy (non-hydrogen) atoms. The van der Waals surface area contributed by atoms with Gasteiger partial charge in [0.25, 0.3) is 11.8 Å². The SMILES string of the molecule is C#C[C@]1(O)[C@H](N2C=CC(=O)NC2=C)O[C@](F)(COP(=O)(NC(C)C(=O)OC2CCCCC2)Oc2ccccc2)[C@H]1O. The Kier molecular flexibility index (Phi) is 9.23. The van der Waals surface area contributed by atoms with Gasteiger partial charge in [-0.3, -0.25) is 14.1 Å². The topological polar surface area (TPSA) is 156 Å². The number of carbonyl (C=O) groups excluding carboxylic acids is 2. The van der Waals surface area contributed by atoms with Gasteiger partial charge in [-0.2, -0.15) is 5.09 Å². The van der Waals surface area contributed by atoms with Crippen molar-refractivity contribution in [3.8, 4) is 18.1 Å².